The average Bonchev–Trinajstić information content (AvgIpc) is 2.68. The van der Waals surface area contributed by atoms with Crippen LogP contribution in [0.2, 0.25) is 5.02 Å². The number of allylic oxidation sites excluding steroid dienone is 2. The van der Waals surface area contributed by atoms with Crippen molar-refractivity contribution >= 4 is 40.8 Å². The first-order chi connectivity index (χ1) is 9.82. The van der Waals surface area contributed by atoms with Crippen LogP contribution in [0, 0.1) is 5.82 Å². The lowest BCUT2D eigenvalue weighted by Crippen LogP contribution is -3.02. The van der Waals surface area contributed by atoms with Crippen molar-refractivity contribution in [2.75, 3.05) is 0 Å². The number of hydrogen-bond donors (Lipinski definition) is 2. The van der Waals surface area contributed by atoms with E-state index in [0.717, 1.165) is 16.7 Å². The van der Waals surface area contributed by atoms with Gasteiger partial charge in [0.05, 0.1) is 10.6 Å². The Morgan fingerprint density at radius 3 is 2.67 bits per heavy atom. The first-order valence-corrected chi connectivity index (χ1v) is 7.27. The summed E-state index contributed by atoms with van der Waals surface area (Å²) >= 11 is 7.07. The molecule has 1 atom stereocenters. The first kappa shape index (κ1) is 14.3. The molecule has 0 aromatic heterocycles. The van der Waals surface area contributed by atoms with E-state index in [1.165, 1.54) is 17.8 Å². The summed E-state index contributed by atoms with van der Waals surface area (Å²) < 4.78 is 13.7. The van der Waals surface area contributed by atoms with Crippen molar-refractivity contribution < 1.29 is 24.0 Å². The van der Waals surface area contributed by atoms with Crippen molar-refractivity contribution in [1.82, 2.24) is 0 Å². The van der Waals surface area contributed by atoms with E-state index in [2.05, 4.69) is 0 Å². The minimum absolute atomic E-state index is 0.0442. The second kappa shape index (κ2) is 4.69. The lowest BCUT2D eigenvalue weighted by atomic mass is 9.97. The minimum atomic E-state index is -1.30. The zero-order valence-electron chi connectivity index (χ0n) is 11.1. The maximum absolute atomic E-state index is 13.7. The van der Waals surface area contributed by atoms with Crippen LogP contribution in [0.3, 0.4) is 0 Å². The van der Waals surface area contributed by atoms with Crippen molar-refractivity contribution in [1.29, 1.82) is 0 Å². The maximum atomic E-state index is 13.7. The lowest BCUT2D eigenvalue weighted by molar-refractivity contribution is -0.735. The second-order valence-electron chi connectivity index (χ2n) is 4.81. The number of Topliss-reactive ketones (excluding diaryl/α,β-unsaturated/α-hetero) is 1. The van der Waals surface area contributed by atoms with Gasteiger partial charge < -0.3 is 5.11 Å². The third-order valence-electron chi connectivity index (χ3n) is 3.63. The van der Waals surface area contributed by atoms with Gasteiger partial charge in [-0.05, 0) is 24.8 Å². The summed E-state index contributed by atoms with van der Waals surface area (Å²) in [5.41, 5.74) is 1.11. The topological polar surface area (TPSA) is 58.8 Å². The van der Waals surface area contributed by atoms with Gasteiger partial charge >= 0.3 is 5.97 Å². The maximum Gasteiger partial charge on any atom is 0.346 e. The van der Waals surface area contributed by atoms with E-state index in [1.54, 1.807) is 0 Å². The summed E-state index contributed by atoms with van der Waals surface area (Å²) in [6.45, 7) is 3.70. The van der Waals surface area contributed by atoms with E-state index < -0.39 is 17.6 Å². The number of carboxylic acids is 1. The van der Waals surface area contributed by atoms with Crippen LogP contribution >= 0.6 is 23.4 Å². The van der Waals surface area contributed by atoms with E-state index in [-0.39, 0.29) is 16.2 Å². The van der Waals surface area contributed by atoms with Crippen LogP contribution in [0.25, 0.3) is 0 Å². The van der Waals surface area contributed by atoms with Crippen LogP contribution in [0.1, 0.15) is 24.2 Å². The molecule has 0 radical (unpaired) electrons. The van der Waals surface area contributed by atoms with Crippen molar-refractivity contribution in [2.45, 2.75) is 13.8 Å². The van der Waals surface area contributed by atoms with Crippen molar-refractivity contribution in [3.63, 3.8) is 0 Å². The Balaban J connectivity index is 2.35. The molecule has 1 aromatic carbocycles. The molecule has 21 heavy (non-hydrogen) atoms. The third-order valence-corrected chi connectivity index (χ3v) is 5.14. The van der Waals surface area contributed by atoms with Crippen LogP contribution in [0.5, 0.6) is 0 Å². The molecule has 2 heterocycles. The van der Waals surface area contributed by atoms with Gasteiger partial charge in [-0.25, -0.2) is 14.1 Å². The molecule has 7 heteroatoms. The van der Waals surface area contributed by atoms with Crippen LogP contribution < -0.4 is 4.90 Å². The summed E-state index contributed by atoms with van der Waals surface area (Å²) in [7, 11) is 0. The Labute approximate surface area is 128 Å². The molecule has 3 rings (SSSR count). The van der Waals surface area contributed by atoms with E-state index >= 15 is 0 Å². The van der Waals surface area contributed by atoms with E-state index in [1.807, 2.05) is 13.8 Å². The van der Waals surface area contributed by atoms with Crippen LogP contribution in [0.4, 0.5) is 10.1 Å². The smallest absolute Gasteiger partial charge is 0.346 e. The zero-order chi connectivity index (χ0) is 15.5. The molecular formula is C14H10ClFNO3S+. The SMILES string of the molecule is CC1=C(C)[NH+]2C(=C(C(=O)O)C(=O)c3cc(F)c(Cl)cc32)S1. The number of quaternary nitrogens is 1. The fourth-order valence-corrected chi connectivity index (χ4v) is 3.87. The fourth-order valence-electron chi connectivity index (χ4n) is 2.50. The highest BCUT2D eigenvalue weighted by Crippen LogP contribution is 2.38. The number of carbonyl (C=O) groups excluding carboxylic acids is 1. The van der Waals surface area contributed by atoms with Gasteiger partial charge in [0, 0.05) is 17.9 Å². The van der Waals surface area contributed by atoms with Gasteiger partial charge in [-0.2, -0.15) is 0 Å². The minimum Gasteiger partial charge on any atom is -0.477 e. The van der Waals surface area contributed by atoms with Crippen molar-refractivity contribution in [3.05, 3.63) is 49.7 Å². The Hall–Kier alpha value is -1.63. The number of hydrogen-bond acceptors (Lipinski definition) is 3. The molecule has 0 bridgehead atoms. The van der Waals surface area contributed by atoms with Gasteiger partial charge in [-0.15, -0.1) is 0 Å². The number of carboxylic acid groups (broad SMARTS) is 1. The number of halogens is 2. The quantitative estimate of drug-likeness (QED) is 0.778. The summed E-state index contributed by atoms with van der Waals surface area (Å²) in [5.74, 6) is -2.72. The van der Waals surface area contributed by atoms with Gasteiger partial charge in [-0.3, -0.25) is 4.79 Å². The molecule has 0 amide bonds. The zero-order valence-corrected chi connectivity index (χ0v) is 12.7. The number of rotatable bonds is 1. The number of fused-ring (bicyclic) bond motifs is 3. The molecule has 2 N–H and O–H groups in total. The summed E-state index contributed by atoms with van der Waals surface area (Å²) in [6, 6.07) is 2.40. The number of nitrogens with one attached hydrogen (secondary N) is 1. The Morgan fingerprint density at radius 2 is 2.05 bits per heavy atom. The number of thioether (sulfide) groups is 1. The standard InChI is InChI=1S/C14H9ClFNO3S/c1-5-6(2)21-13-11(14(19)20)12(18)7-3-9(16)8(15)4-10(7)17(5)13/h3-4H,1-2H3,(H,19,20)/p+1. The third kappa shape index (κ3) is 1.94. The summed E-state index contributed by atoms with van der Waals surface area (Å²) in [4.78, 5) is 25.4. The first-order valence-electron chi connectivity index (χ1n) is 6.07. The molecule has 0 fully saturated rings. The number of benzene rings is 1. The molecular weight excluding hydrogens is 317 g/mol. The summed E-state index contributed by atoms with van der Waals surface area (Å²) in [5, 5.41) is 9.66. The molecule has 1 unspecified atom stereocenters. The average molecular weight is 327 g/mol. The lowest BCUT2D eigenvalue weighted by Gasteiger charge is -2.23. The normalized spacial score (nSPS) is 20.8. The number of aliphatic carboxylic acids is 1. The predicted molar refractivity (Wildman–Crippen MR) is 77.0 cm³/mol. The monoisotopic (exact) mass is 326 g/mol. The Kier molecular flexibility index (Phi) is 3.20. The largest absolute Gasteiger partial charge is 0.477 e. The highest BCUT2D eigenvalue weighted by atomic mass is 35.5. The van der Waals surface area contributed by atoms with Crippen LogP contribution in [-0.2, 0) is 4.79 Å². The molecule has 2 aliphatic rings. The van der Waals surface area contributed by atoms with Gasteiger partial charge in [0.25, 0.3) is 0 Å². The second-order valence-corrected chi connectivity index (χ2v) is 6.44. The predicted octanol–water partition coefficient (Wildman–Crippen LogP) is 2.49. The van der Waals surface area contributed by atoms with Crippen LogP contribution in [-0.4, -0.2) is 16.9 Å². The molecule has 1 aromatic rings. The van der Waals surface area contributed by atoms with E-state index in [4.69, 9.17) is 11.6 Å². The number of carbonyl (C=O) groups is 2. The van der Waals surface area contributed by atoms with Crippen LogP contribution in [0.15, 0.2) is 33.3 Å². The van der Waals surface area contributed by atoms with Gasteiger partial charge in [0.2, 0.25) is 5.78 Å². The molecule has 0 spiro atoms. The van der Waals surface area contributed by atoms with Crippen molar-refractivity contribution in [3.8, 4) is 0 Å². The van der Waals surface area contributed by atoms with Gasteiger partial charge in [-0.1, -0.05) is 11.6 Å². The van der Waals surface area contributed by atoms with E-state index in [9.17, 15) is 19.1 Å². The summed E-state index contributed by atoms with van der Waals surface area (Å²) in [6.07, 6.45) is 0. The molecule has 0 saturated heterocycles. The fraction of sp³-hybridized carbons (Fsp3) is 0.143. The molecule has 4 nitrogen and oxygen atoms in total. The van der Waals surface area contributed by atoms with Crippen molar-refractivity contribution in [2.24, 2.45) is 0 Å². The molecule has 108 valence electrons. The number of ketones is 1. The molecule has 0 aliphatic carbocycles. The van der Waals surface area contributed by atoms with Gasteiger partial charge in [0.1, 0.15) is 11.5 Å². The highest BCUT2D eigenvalue weighted by molar-refractivity contribution is 8.06. The molecule has 2 aliphatic heterocycles. The Bertz CT molecular complexity index is 785. The highest BCUT2D eigenvalue weighted by Gasteiger charge is 2.45. The molecule has 0 saturated carbocycles. The van der Waals surface area contributed by atoms with E-state index in [0.29, 0.717) is 15.6 Å². The Morgan fingerprint density at radius 1 is 1.38 bits per heavy atom. The van der Waals surface area contributed by atoms with Gasteiger partial charge in [0.15, 0.2) is 16.3 Å².